The van der Waals surface area contributed by atoms with Crippen molar-refractivity contribution in [1.29, 1.82) is 0 Å². The lowest BCUT2D eigenvalue weighted by Gasteiger charge is -2.15. The van der Waals surface area contributed by atoms with Gasteiger partial charge in [-0.05, 0) is 18.6 Å². The van der Waals surface area contributed by atoms with Gasteiger partial charge < -0.3 is 0 Å². The van der Waals surface area contributed by atoms with E-state index in [0.29, 0.717) is 16.7 Å². The van der Waals surface area contributed by atoms with Crippen molar-refractivity contribution in [3.63, 3.8) is 0 Å². The third-order valence-electron chi connectivity index (χ3n) is 2.17. The molecule has 0 aliphatic carbocycles. The van der Waals surface area contributed by atoms with Gasteiger partial charge >= 0.3 is 0 Å². The molecule has 0 atom stereocenters. The Labute approximate surface area is 93.0 Å². The molecular weight excluding hydrogens is 221 g/mol. The summed E-state index contributed by atoms with van der Waals surface area (Å²) in [4.78, 5) is 4.19. The number of hydrogen-bond acceptors (Lipinski definition) is 3. The summed E-state index contributed by atoms with van der Waals surface area (Å²) in [5.74, 6) is 0. The lowest BCUT2D eigenvalue weighted by Crippen LogP contribution is -2.30. The second-order valence-electron chi connectivity index (χ2n) is 3.25. The summed E-state index contributed by atoms with van der Waals surface area (Å²) in [6, 6.07) is 3.48. The molecule has 0 saturated carbocycles. The summed E-state index contributed by atoms with van der Waals surface area (Å²) in [6.45, 7) is 2.77. The van der Waals surface area contributed by atoms with Crippen LogP contribution in [0.5, 0.6) is 0 Å². The van der Waals surface area contributed by atoms with Gasteiger partial charge in [0.2, 0.25) is 0 Å². The van der Waals surface area contributed by atoms with Crippen molar-refractivity contribution in [1.82, 2.24) is 15.4 Å². The molecular formula is C9H11Cl2N3. The number of hydrogen-bond donors (Lipinski definition) is 1. The number of nitrogens with one attached hydrogen (secondary N) is 1. The molecule has 0 unspecified atom stereocenters. The molecule has 1 aliphatic heterocycles. The first-order chi connectivity index (χ1) is 6.75. The second kappa shape index (κ2) is 4.45. The van der Waals surface area contributed by atoms with Crippen LogP contribution in [0.4, 0.5) is 0 Å². The van der Waals surface area contributed by atoms with Crippen molar-refractivity contribution in [2.24, 2.45) is 0 Å². The third-order valence-corrected chi connectivity index (χ3v) is 2.72. The van der Waals surface area contributed by atoms with Crippen LogP contribution < -0.4 is 5.43 Å². The van der Waals surface area contributed by atoms with Gasteiger partial charge in [-0.25, -0.2) is 9.99 Å². The van der Waals surface area contributed by atoms with Crippen molar-refractivity contribution in [3.8, 4) is 0 Å². The summed E-state index contributed by atoms with van der Waals surface area (Å²) < 4.78 is 0. The molecule has 0 bridgehead atoms. The van der Waals surface area contributed by atoms with Crippen LogP contribution in [0, 0.1) is 0 Å². The number of rotatable bonds is 2. The van der Waals surface area contributed by atoms with Gasteiger partial charge in [0.25, 0.3) is 0 Å². The highest BCUT2D eigenvalue weighted by atomic mass is 35.5. The maximum atomic E-state index is 6.00. The average molecular weight is 232 g/mol. The van der Waals surface area contributed by atoms with Gasteiger partial charge in [-0.2, -0.15) is 0 Å². The molecule has 2 heterocycles. The first kappa shape index (κ1) is 10.2. The monoisotopic (exact) mass is 231 g/mol. The summed E-state index contributed by atoms with van der Waals surface area (Å²) in [5, 5.41) is 3.26. The SMILES string of the molecule is Clc1ccc(Cl)c(CN2CCCN2)n1. The molecule has 76 valence electrons. The summed E-state index contributed by atoms with van der Waals surface area (Å²) in [7, 11) is 0. The Balaban J connectivity index is 2.10. The van der Waals surface area contributed by atoms with Gasteiger partial charge in [-0.15, -0.1) is 0 Å². The van der Waals surface area contributed by atoms with Crippen LogP contribution in [0.3, 0.4) is 0 Å². The van der Waals surface area contributed by atoms with Crippen molar-refractivity contribution >= 4 is 23.2 Å². The molecule has 1 N–H and O–H groups in total. The van der Waals surface area contributed by atoms with E-state index in [9.17, 15) is 0 Å². The zero-order chi connectivity index (χ0) is 9.97. The highest BCUT2D eigenvalue weighted by Gasteiger charge is 2.13. The van der Waals surface area contributed by atoms with E-state index in [-0.39, 0.29) is 0 Å². The summed E-state index contributed by atoms with van der Waals surface area (Å²) in [6.07, 6.45) is 1.16. The van der Waals surface area contributed by atoms with Gasteiger partial charge in [-0.3, -0.25) is 5.43 Å². The van der Waals surface area contributed by atoms with Crippen LogP contribution in [0.1, 0.15) is 12.1 Å². The fraction of sp³-hybridized carbons (Fsp3) is 0.444. The molecule has 1 aromatic rings. The highest BCUT2D eigenvalue weighted by molar-refractivity contribution is 6.32. The van der Waals surface area contributed by atoms with Crippen LogP contribution in [-0.2, 0) is 6.54 Å². The number of hydrazine groups is 1. The molecule has 1 fully saturated rings. The fourth-order valence-electron chi connectivity index (χ4n) is 1.47. The quantitative estimate of drug-likeness (QED) is 0.791. The van der Waals surface area contributed by atoms with Gasteiger partial charge in [-0.1, -0.05) is 23.2 Å². The lowest BCUT2D eigenvalue weighted by molar-refractivity contribution is 0.241. The van der Waals surface area contributed by atoms with E-state index in [0.717, 1.165) is 25.2 Å². The van der Waals surface area contributed by atoms with Gasteiger partial charge in [0, 0.05) is 13.1 Å². The molecule has 5 heteroatoms. The van der Waals surface area contributed by atoms with Crippen LogP contribution in [0.2, 0.25) is 10.2 Å². The Hall–Kier alpha value is -0.350. The minimum absolute atomic E-state index is 0.489. The van der Waals surface area contributed by atoms with E-state index in [1.807, 2.05) is 0 Å². The first-order valence-electron chi connectivity index (χ1n) is 4.55. The number of halogens is 2. The largest absolute Gasteiger partial charge is 0.255 e. The smallest absolute Gasteiger partial charge is 0.129 e. The fourth-order valence-corrected chi connectivity index (χ4v) is 1.80. The molecule has 1 saturated heterocycles. The van der Waals surface area contributed by atoms with Crippen molar-refractivity contribution in [2.75, 3.05) is 13.1 Å². The van der Waals surface area contributed by atoms with E-state index in [4.69, 9.17) is 23.2 Å². The maximum absolute atomic E-state index is 6.00. The van der Waals surface area contributed by atoms with Gasteiger partial charge in [0.15, 0.2) is 0 Å². The maximum Gasteiger partial charge on any atom is 0.129 e. The van der Waals surface area contributed by atoms with E-state index in [1.165, 1.54) is 0 Å². The standard InChI is InChI=1S/C9H11Cl2N3/c10-7-2-3-9(11)13-8(7)6-14-5-1-4-12-14/h2-3,12H,1,4-6H2. The van der Waals surface area contributed by atoms with Crippen molar-refractivity contribution < 1.29 is 0 Å². The second-order valence-corrected chi connectivity index (χ2v) is 4.04. The predicted molar refractivity (Wildman–Crippen MR) is 57.3 cm³/mol. The van der Waals surface area contributed by atoms with E-state index >= 15 is 0 Å². The molecule has 1 aliphatic rings. The molecule has 0 radical (unpaired) electrons. The number of pyridine rings is 1. The molecule has 3 nitrogen and oxygen atoms in total. The Morgan fingerprint density at radius 1 is 1.43 bits per heavy atom. The topological polar surface area (TPSA) is 28.2 Å². The Morgan fingerprint density at radius 3 is 3.00 bits per heavy atom. The Morgan fingerprint density at radius 2 is 2.29 bits per heavy atom. The normalized spacial score (nSPS) is 17.6. The minimum atomic E-state index is 0.489. The molecule has 1 aromatic heterocycles. The van der Waals surface area contributed by atoms with Crippen molar-refractivity contribution in [2.45, 2.75) is 13.0 Å². The summed E-state index contributed by atoms with van der Waals surface area (Å²) in [5.41, 5.74) is 4.07. The van der Waals surface area contributed by atoms with Crippen LogP contribution in [0.25, 0.3) is 0 Å². The molecule has 0 aromatic carbocycles. The third kappa shape index (κ3) is 2.36. The zero-order valence-electron chi connectivity index (χ0n) is 7.63. The first-order valence-corrected chi connectivity index (χ1v) is 5.30. The van der Waals surface area contributed by atoms with Crippen LogP contribution in [0.15, 0.2) is 12.1 Å². The molecule has 0 spiro atoms. The van der Waals surface area contributed by atoms with Crippen LogP contribution >= 0.6 is 23.2 Å². The van der Waals surface area contributed by atoms with E-state index < -0.39 is 0 Å². The number of nitrogens with zero attached hydrogens (tertiary/aromatic N) is 2. The van der Waals surface area contributed by atoms with Crippen molar-refractivity contribution in [3.05, 3.63) is 28.0 Å². The lowest BCUT2D eigenvalue weighted by atomic mass is 10.3. The Bertz CT molecular complexity index is 324. The van der Waals surface area contributed by atoms with E-state index in [2.05, 4.69) is 15.4 Å². The number of aromatic nitrogens is 1. The average Bonchev–Trinajstić information content (AvgIpc) is 2.64. The summed E-state index contributed by atoms with van der Waals surface area (Å²) >= 11 is 11.8. The zero-order valence-corrected chi connectivity index (χ0v) is 9.15. The molecule has 14 heavy (non-hydrogen) atoms. The van der Waals surface area contributed by atoms with Gasteiger partial charge in [0.05, 0.1) is 17.3 Å². The highest BCUT2D eigenvalue weighted by Crippen LogP contribution is 2.18. The molecule has 0 amide bonds. The van der Waals surface area contributed by atoms with E-state index in [1.54, 1.807) is 12.1 Å². The van der Waals surface area contributed by atoms with Gasteiger partial charge in [0.1, 0.15) is 5.15 Å². The molecule has 2 rings (SSSR count). The predicted octanol–water partition coefficient (Wildman–Crippen LogP) is 2.10. The Kier molecular flexibility index (Phi) is 3.23. The van der Waals surface area contributed by atoms with Crippen LogP contribution in [-0.4, -0.2) is 23.1 Å². The minimum Gasteiger partial charge on any atom is -0.255 e.